The number of benzene rings is 2. The number of carbonyl (C=O) groups excluding carboxylic acids is 1. The van der Waals surface area contributed by atoms with Crippen molar-refractivity contribution in [2.75, 3.05) is 0 Å². The molecule has 0 saturated heterocycles. The van der Waals surface area contributed by atoms with Crippen molar-refractivity contribution >= 4 is 12.0 Å². The molecule has 2 aromatic carbocycles. The topological polar surface area (TPSA) is 52.9 Å². The van der Waals surface area contributed by atoms with Gasteiger partial charge < -0.3 is 5.32 Å². The molecule has 4 heteroatoms. The molecule has 1 amide bonds. The summed E-state index contributed by atoms with van der Waals surface area (Å²) in [6.07, 6.45) is 1.37. The summed E-state index contributed by atoms with van der Waals surface area (Å²) in [5, 5.41) is 11.9. The van der Waals surface area contributed by atoms with Crippen LogP contribution in [-0.2, 0) is 4.79 Å². The van der Waals surface area contributed by atoms with Crippen LogP contribution in [0.5, 0.6) is 0 Å². The molecule has 0 aromatic heterocycles. The second kappa shape index (κ2) is 7.19. The van der Waals surface area contributed by atoms with E-state index in [-0.39, 0.29) is 11.6 Å². The highest BCUT2D eigenvalue weighted by molar-refractivity contribution is 6.01. The van der Waals surface area contributed by atoms with Gasteiger partial charge in [0.25, 0.3) is 5.91 Å². The van der Waals surface area contributed by atoms with E-state index >= 15 is 0 Å². The van der Waals surface area contributed by atoms with Gasteiger partial charge in [0.05, 0.1) is 6.04 Å². The third-order valence-electron chi connectivity index (χ3n) is 3.17. The van der Waals surface area contributed by atoms with Crippen LogP contribution < -0.4 is 5.32 Å². The number of nitriles is 1. The van der Waals surface area contributed by atoms with Gasteiger partial charge in [-0.2, -0.15) is 5.26 Å². The Hall–Kier alpha value is -2.93. The van der Waals surface area contributed by atoms with E-state index in [4.69, 9.17) is 5.26 Å². The molecule has 3 nitrogen and oxygen atoms in total. The summed E-state index contributed by atoms with van der Waals surface area (Å²) in [6, 6.07) is 16.8. The number of amides is 1. The van der Waals surface area contributed by atoms with E-state index in [1.807, 2.05) is 43.3 Å². The molecular weight excluding hydrogens is 279 g/mol. The minimum absolute atomic E-state index is 0.0617. The SMILES string of the molecule is C[C@@H](NC(=O)/C(C#N)=C\c1cccc(F)c1)c1ccccc1. The molecule has 0 aliphatic heterocycles. The molecule has 0 radical (unpaired) electrons. The van der Waals surface area contributed by atoms with Crippen molar-refractivity contribution < 1.29 is 9.18 Å². The van der Waals surface area contributed by atoms with Crippen LogP contribution in [0.15, 0.2) is 60.2 Å². The average molecular weight is 294 g/mol. The predicted molar refractivity (Wildman–Crippen MR) is 83.0 cm³/mol. The fraction of sp³-hybridized carbons (Fsp3) is 0.111. The third-order valence-corrected chi connectivity index (χ3v) is 3.17. The first-order chi connectivity index (χ1) is 10.6. The molecule has 0 aliphatic carbocycles. The Kier molecular flexibility index (Phi) is 5.05. The van der Waals surface area contributed by atoms with Crippen LogP contribution in [-0.4, -0.2) is 5.91 Å². The Morgan fingerprint density at radius 3 is 2.59 bits per heavy atom. The third kappa shape index (κ3) is 4.03. The zero-order chi connectivity index (χ0) is 15.9. The highest BCUT2D eigenvalue weighted by atomic mass is 19.1. The lowest BCUT2D eigenvalue weighted by atomic mass is 10.1. The second-order valence-corrected chi connectivity index (χ2v) is 4.83. The highest BCUT2D eigenvalue weighted by Crippen LogP contribution is 2.13. The molecule has 1 atom stereocenters. The normalized spacial score (nSPS) is 12.3. The number of hydrogen-bond acceptors (Lipinski definition) is 2. The molecule has 0 spiro atoms. The van der Waals surface area contributed by atoms with Gasteiger partial charge in [0.2, 0.25) is 0 Å². The Labute approximate surface area is 128 Å². The van der Waals surface area contributed by atoms with Crippen molar-refractivity contribution in [1.29, 1.82) is 5.26 Å². The van der Waals surface area contributed by atoms with Crippen LogP contribution in [0.25, 0.3) is 6.08 Å². The zero-order valence-electron chi connectivity index (χ0n) is 12.1. The Bertz CT molecular complexity index is 732. The van der Waals surface area contributed by atoms with Gasteiger partial charge in [-0.25, -0.2) is 4.39 Å². The van der Waals surface area contributed by atoms with Crippen molar-refractivity contribution in [3.8, 4) is 6.07 Å². The maximum atomic E-state index is 13.1. The lowest BCUT2D eigenvalue weighted by molar-refractivity contribution is -0.117. The maximum absolute atomic E-state index is 13.1. The first-order valence-electron chi connectivity index (χ1n) is 6.83. The Morgan fingerprint density at radius 1 is 1.23 bits per heavy atom. The van der Waals surface area contributed by atoms with Gasteiger partial charge in [-0.3, -0.25) is 4.79 Å². The van der Waals surface area contributed by atoms with Crippen LogP contribution in [0.3, 0.4) is 0 Å². The number of nitrogens with zero attached hydrogens (tertiary/aromatic N) is 1. The molecule has 0 heterocycles. The molecule has 1 N–H and O–H groups in total. The van der Waals surface area contributed by atoms with Gasteiger partial charge in [-0.05, 0) is 36.3 Å². The molecule has 0 aliphatic rings. The van der Waals surface area contributed by atoms with E-state index in [1.54, 1.807) is 6.07 Å². The molecule has 22 heavy (non-hydrogen) atoms. The summed E-state index contributed by atoms with van der Waals surface area (Å²) in [5.74, 6) is -0.896. The summed E-state index contributed by atoms with van der Waals surface area (Å²) < 4.78 is 13.1. The molecule has 2 rings (SSSR count). The Morgan fingerprint density at radius 2 is 1.95 bits per heavy atom. The van der Waals surface area contributed by atoms with Gasteiger partial charge in [0.15, 0.2) is 0 Å². The van der Waals surface area contributed by atoms with Crippen molar-refractivity contribution in [2.24, 2.45) is 0 Å². The largest absolute Gasteiger partial charge is 0.345 e. The summed E-state index contributed by atoms with van der Waals surface area (Å²) in [4.78, 5) is 12.2. The average Bonchev–Trinajstić information content (AvgIpc) is 2.53. The van der Waals surface area contributed by atoms with E-state index in [2.05, 4.69) is 5.32 Å². The predicted octanol–water partition coefficient (Wildman–Crippen LogP) is 3.61. The molecule has 0 unspecified atom stereocenters. The number of rotatable bonds is 4. The van der Waals surface area contributed by atoms with Gasteiger partial charge >= 0.3 is 0 Å². The van der Waals surface area contributed by atoms with Crippen molar-refractivity contribution in [3.63, 3.8) is 0 Å². The van der Waals surface area contributed by atoms with Crippen LogP contribution in [0.2, 0.25) is 0 Å². The fourth-order valence-corrected chi connectivity index (χ4v) is 2.01. The molecule has 110 valence electrons. The van der Waals surface area contributed by atoms with E-state index < -0.39 is 11.7 Å². The molecular formula is C18H15FN2O. The van der Waals surface area contributed by atoms with E-state index in [9.17, 15) is 9.18 Å². The molecule has 0 fully saturated rings. The van der Waals surface area contributed by atoms with Crippen LogP contribution >= 0.6 is 0 Å². The maximum Gasteiger partial charge on any atom is 0.262 e. The van der Waals surface area contributed by atoms with Crippen LogP contribution in [0.1, 0.15) is 24.1 Å². The summed E-state index contributed by atoms with van der Waals surface area (Å²) in [7, 11) is 0. The number of hydrogen-bond donors (Lipinski definition) is 1. The number of nitrogens with one attached hydrogen (secondary N) is 1. The lowest BCUT2D eigenvalue weighted by Gasteiger charge is -2.13. The van der Waals surface area contributed by atoms with Gasteiger partial charge in [0.1, 0.15) is 17.5 Å². The summed E-state index contributed by atoms with van der Waals surface area (Å²) in [6.45, 7) is 1.84. The van der Waals surface area contributed by atoms with Crippen molar-refractivity contribution in [3.05, 3.63) is 77.1 Å². The first kappa shape index (κ1) is 15.5. The van der Waals surface area contributed by atoms with Gasteiger partial charge in [-0.1, -0.05) is 42.5 Å². The summed E-state index contributed by atoms with van der Waals surface area (Å²) in [5.41, 5.74) is 1.35. The number of halogens is 1. The van der Waals surface area contributed by atoms with E-state index in [0.29, 0.717) is 5.56 Å². The zero-order valence-corrected chi connectivity index (χ0v) is 12.1. The molecule has 0 saturated carbocycles. The first-order valence-corrected chi connectivity index (χ1v) is 6.83. The van der Waals surface area contributed by atoms with Crippen molar-refractivity contribution in [1.82, 2.24) is 5.32 Å². The quantitative estimate of drug-likeness (QED) is 0.692. The minimum atomic E-state index is -0.483. The highest BCUT2D eigenvalue weighted by Gasteiger charge is 2.13. The number of carbonyl (C=O) groups is 1. The van der Waals surface area contributed by atoms with Crippen molar-refractivity contribution in [2.45, 2.75) is 13.0 Å². The van der Waals surface area contributed by atoms with E-state index in [0.717, 1.165) is 5.56 Å². The van der Waals surface area contributed by atoms with Crippen LogP contribution in [0, 0.1) is 17.1 Å². The molecule has 0 bridgehead atoms. The Balaban J connectivity index is 2.14. The second-order valence-electron chi connectivity index (χ2n) is 4.83. The summed E-state index contributed by atoms with van der Waals surface area (Å²) >= 11 is 0. The lowest BCUT2D eigenvalue weighted by Crippen LogP contribution is -2.27. The van der Waals surface area contributed by atoms with Gasteiger partial charge in [0, 0.05) is 0 Å². The molecule has 2 aromatic rings. The van der Waals surface area contributed by atoms with E-state index in [1.165, 1.54) is 24.3 Å². The fourth-order valence-electron chi connectivity index (χ4n) is 2.01. The minimum Gasteiger partial charge on any atom is -0.345 e. The van der Waals surface area contributed by atoms with Crippen LogP contribution in [0.4, 0.5) is 4.39 Å². The standard InChI is InChI=1S/C18H15FN2O/c1-13(15-7-3-2-4-8-15)21-18(22)16(12-20)10-14-6-5-9-17(19)11-14/h2-11,13H,1H3,(H,21,22)/b16-10-/t13-/m1/s1. The van der Waals surface area contributed by atoms with Gasteiger partial charge in [-0.15, -0.1) is 0 Å². The smallest absolute Gasteiger partial charge is 0.262 e. The monoisotopic (exact) mass is 294 g/mol.